The lowest BCUT2D eigenvalue weighted by atomic mass is 9.34. The van der Waals surface area contributed by atoms with Gasteiger partial charge >= 0.3 is 5.97 Å². The Bertz CT molecular complexity index is 1850. The van der Waals surface area contributed by atoms with Crippen LogP contribution in [0.1, 0.15) is 98.6 Å². The number of aliphatic hydroxyl groups is 1. The topological polar surface area (TPSA) is 82.8 Å². The Labute approximate surface area is 320 Å². The number of carbonyl (C=O) groups excluding carboxylic acids is 1. The Morgan fingerprint density at radius 2 is 1.81 bits per heavy atom. The first kappa shape index (κ1) is 37.0. The van der Waals surface area contributed by atoms with Crippen LogP contribution in [0, 0.1) is 56.7 Å². The summed E-state index contributed by atoms with van der Waals surface area (Å²) >= 11 is 1.72. The van der Waals surface area contributed by atoms with Crippen molar-refractivity contribution in [1.29, 1.82) is 0 Å². The smallest absolute Gasteiger partial charge is 0.310 e. The lowest BCUT2D eigenvalue weighted by Gasteiger charge is -2.71. The molecule has 3 saturated carbocycles. The van der Waals surface area contributed by atoms with Gasteiger partial charge in [-0.15, -0.1) is 11.3 Å². The van der Waals surface area contributed by atoms with Crippen LogP contribution in [-0.2, 0) is 20.9 Å². The van der Waals surface area contributed by atoms with Crippen LogP contribution in [0.25, 0.3) is 10.6 Å². The average molecular weight is 741 g/mol. The zero-order valence-corrected chi connectivity index (χ0v) is 33.9. The predicted molar refractivity (Wildman–Crippen MR) is 209 cm³/mol. The number of hydrogen-bond donors (Lipinski definition) is 1. The molecule has 2 aromatic heterocycles. The number of rotatable bonds is 8. The minimum absolute atomic E-state index is 0.0536. The predicted octanol–water partition coefficient (Wildman–Crippen LogP) is 9.77. The number of thiophene rings is 1. The number of methoxy groups -OCH3 is 1. The summed E-state index contributed by atoms with van der Waals surface area (Å²) in [5, 5.41) is 19.4. The summed E-state index contributed by atoms with van der Waals surface area (Å²) in [4.78, 5) is 16.0. The molecule has 1 N–H and O–H groups in total. The first-order chi connectivity index (χ1) is 25.2. The number of hydrogen-bond acceptors (Lipinski definition) is 7. The van der Waals surface area contributed by atoms with Gasteiger partial charge in [-0.1, -0.05) is 78.3 Å². The van der Waals surface area contributed by atoms with Crippen LogP contribution in [-0.4, -0.2) is 47.3 Å². The van der Waals surface area contributed by atoms with Crippen LogP contribution in [0.15, 0.2) is 65.7 Å². The quantitative estimate of drug-likeness (QED) is 0.183. The first-order valence-electron chi connectivity index (χ1n) is 20.1. The van der Waals surface area contributed by atoms with Crippen molar-refractivity contribution >= 4 is 17.3 Å². The molecular formula is C45H60N2O5S. The molecule has 3 heterocycles. The normalized spacial score (nSPS) is 39.7. The van der Waals surface area contributed by atoms with Gasteiger partial charge in [-0.3, -0.25) is 9.48 Å². The fraction of sp³-hybridized carbons (Fsp3) is 0.644. The number of ether oxygens (including phenoxy) is 3. The maximum absolute atomic E-state index is 14.9. The molecular weight excluding hydrogens is 681 g/mol. The SMILES string of the molecule is COc1ccc(COC(=O)[C@@H]2[C@@](C)([C@H](C)C(C)C)CC[C@]3(C)[C@H]4CC[C@@H]5[C@@]6(COC[C@]5(C)[C@@H](O)[C@H](n5nccc5-c5cccs5)C6)C4=CC[C@@]23C)cc1. The van der Waals surface area contributed by atoms with Crippen molar-refractivity contribution in [1.82, 2.24) is 9.78 Å². The third-order valence-electron chi connectivity index (χ3n) is 16.4. The average Bonchev–Trinajstić information content (AvgIpc) is 3.86. The van der Waals surface area contributed by atoms with Gasteiger partial charge in [0.1, 0.15) is 12.4 Å². The molecule has 8 heteroatoms. The van der Waals surface area contributed by atoms with Crippen molar-refractivity contribution in [2.75, 3.05) is 20.3 Å². The second-order valence-electron chi connectivity index (χ2n) is 18.8. The Morgan fingerprint density at radius 1 is 1.04 bits per heavy atom. The Morgan fingerprint density at radius 3 is 2.51 bits per heavy atom. The lowest BCUT2D eigenvalue weighted by molar-refractivity contribution is -0.241. The molecule has 1 saturated heterocycles. The molecule has 11 atom stereocenters. The molecule has 53 heavy (non-hydrogen) atoms. The van der Waals surface area contributed by atoms with Gasteiger partial charge in [0.25, 0.3) is 0 Å². The summed E-state index contributed by atoms with van der Waals surface area (Å²) in [5.41, 5.74) is 2.39. The van der Waals surface area contributed by atoms with E-state index >= 15 is 0 Å². The maximum Gasteiger partial charge on any atom is 0.310 e. The Kier molecular flexibility index (Phi) is 9.14. The van der Waals surface area contributed by atoms with Crippen LogP contribution in [0.5, 0.6) is 5.75 Å². The van der Waals surface area contributed by atoms with E-state index in [1.54, 1.807) is 18.4 Å². The summed E-state index contributed by atoms with van der Waals surface area (Å²) in [6, 6.07) is 14.0. The van der Waals surface area contributed by atoms with Crippen molar-refractivity contribution < 1.29 is 24.1 Å². The van der Waals surface area contributed by atoms with Crippen LogP contribution in [0.4, 0.5) is 0 Å². The third kappa shape index (κ3) is 5.31. The molecule has 2 bridgehead atoms. The van der Waals surface area contributed by atoms with Crippen molar-refractivity contribution in [3.8, 4) is 16.3 Å². The molecule has 7 nitrogen and oxygen atoms in total. The van der Waals surface area contributed by atoms with Gasteiger partial charge in [0.05, 0.1) is 49.0 Å². The number of carbonyl (C=O) groups is 1. The molecule has 1 aromatic carbocycles. The molecule has 4 aliphatic carbocycles. The Hall–Kier alpha value is -2.94. The number of benzene rings is 1. The first-order valence-corrected chi connectivity index (χ1v) is 20.9. The van der Waals surface area contributed by atoms with Crippen LogP contribution in [0.2, 0.25) is 0 Å². The van der Waals surface area contributed by atoms with Crippen LogP contribution >= 0.6 is 11.3 Å². The van der Waals surface area contributed by atoms with Gasteiger partial charge in [-0.25, -0.2) is 0 Å². The number of aliphatic hydroxyl groups excluding tert-OH is 1. The van der Waals surface area contributed by atoms with E-state index in [1.165, 1.54) is 10.5 Å². The second kappa shape index (κ2) is 13.1. The maximum atomic E-state index is 14.9. The van der Waals surface area contributed by atoms with E-state index in [0.717, 1.165) is 55.5 Å². The van der Waals surface area contributed by atoms with Gasteiger partial charge in [0.2, 0.25) is 0 Å². The minimum atomic E-state index is -0.570. The molecule has 0 spiro atoms. The fourth-order valence-electron chi connectivity index (χ4n) is 13.0. The highest BCUT2D eigenvalue weighted by Crippen LogP contribution is 2.75. The summed E-state index contributed by atoms with van der Waals surface area (Å²) in [7, 11) is 1.67. The number of allylic oxidation sites excluding steroid dienone is 1. The van der Waals surface area contributed by atoms with Gasteiger partial charge in [0.15, 0.2) is 0 Å². The summed E-state index contributed by atoms with van der Waals surface area (Å²) in [6.07, 6.45) is 9.73. The summed E-state index contributed by atoms with van der Waals surface area (Å²) in [5.74, 6) is 1.93. The van der Waals surface area contributed by atoms with Gasteiger partial charge < -0.3 is 19.3 Å². The second-order valence-corrected chi connectivity index (χ2v) is 19.8. The number of fused-ring (bicyclic) bond motifs is 3. The molecule has 4 fully saturated rings. The standard InChI is InChI=1S/C45H60N2O5S/c1-28(2)29(3)41(4)20-21-43(6)32-15-16-37-42(5)26-51-27-45(37,24-35(39(42)48)47-34(18-22-46-47)36-10-9-23-53-36)33(32)17-19-44(43,7)38(41)40(49)52-25-30-11-13-31(50-8)14-12-30/h9-14,17-18,22-23,28-29,32,35,37-39,48H,15-16,19-21,24-27H2,1-8H3/t29-,32+,35-,37+,38-,39+,41-,42+,43-,44+,45+/m1/s1. The van der Waals surface area contributed by atoms with E-state index in [-0.39, 0.29) is 51.6 Å². The van der Waals surface area contributed by atoms with E-state index in [4.69, 9.17) is 19.3 Å². The molecule has 1 aliphatic heterocycles. The van der Waals surface area contributed by atoms with Crippen molar-refractivity contribution in [3.63, 3.8) is 0 Å². The molecule has 0 unspecified atom stereocenters. The van der Waals surface area contributed by atoms with E-state index in [9.17, 15) is 9.90 Å². The van der Waals surface area contributed by atoms with Crippen LogP contribution in [0.3, 0.4) is 0 Å². The van der Waals surface area contributed by atoms with Gasteiger partial charge in [0, 0.05) is 17.0 Å². The summed E-state index contributed by atoms with van der Waals surface area (Å²) in [6.45, 7) is 18.1. The molecule has 5 aliphatic rings. The summed E-state index contributed by atoms with van der Waals surface area (Å²) < 4.78 is 20.5. The minimum Gasteiger partial charge on any atom is -0.497 e. The van der Waals surface area contributed by atoms with E-state index in [1.807, 2.05) is 30.5 Å². The molecule has 0 radical (unpaired) electrons. The monoisotopic (exact) mass is 740 g/mol. The molecule has 0 amide bonds. The Balaban J connectivity index is 1.19. The van der Waals surface area contributed by atoms with E-state index in [0.29, 0.717) is 36.9 Å². The molecule has 286 valence electrons. The van der Waals surface area contributed by atoms with Gasteiger partial charge in [-0.2, -0.15) is 5.10 Å². The highest BCUT2D eigenvalue weighted by Gasteiger charge is 2.71. The number of nitrogens with zero attached hydrogens (tertiary/aromatic N) is 2. The molecule has 8 rings (SSSR count). The van der Waals surface area contributed by atoms with E-state index in [2.05, 4.69) is 82.8 Å². The fourth-order valence-corrected chi connectivity index (χ4v) is 13.7. The van der Waals surface area contributed by atoms with Crippen molar-refractivity contribution in [3.05, 3.63) is 71.3 Å². The lowest BCUT2D eigenvalue weighted by Crippen LogP contribution is -2.68. The van der Waals surface area contributed by atoms with Gasteiger partial charge in [-0.05, 0) is 114 Å². The van der Waals surface area contributed by atoms with Crippen molar-refractivity contribution in [2.24, 2.45) is 56.7 Å². The van der Waals surface area contributed by atoms with Crippen molar-refractivity contribution in [2.45, 2.75) is 106 Å². The molecule has 3 aromatic rings. The third-order valence-corrected chi connectivity index (χ3v) is 17.3. The largest absolute Gasteiger partial charge is 0.497 e. The highest BCUT2D eigenvalue weighted by molar-refractivity contribution is 7.13. The van der Waals surface area contributed by atoms with Crippen LogP contribution < -0.4 is 4.74 Å². The zero-order chi connectivity index (χ0) is 37.6. The zero-order valence-electron chi connectivity index (χ0n) is 33.1. The highest BCUT2D eigenvalue weighted by atomic mass is 32.1. The number of aromatic nitrogens is 2. The number of esters is 1. The van der Waals surface area contributed by atoms with E-state index < -0.39 is 6.10 Å².